The second kappa shape index (κ2) is 8.07. The van der Waals surface area contributed by atoms with Crippen molar-refractivity contribution < 1.29 is 14.6 Å². The third-order valence-corrected chi connectivity index (χ3v) is 5.70. The van der Waals surface area contributed by atoms with E-state index in [1.54, 1.807) is 6.20 Å². The highest BCUT2D eigenvalue weighted by molar-refractivity contribution is 6.33. The number of carbonyl (C=O) groups is 1. The number of aliphatic hydroxyl groups excluding tert-OH is 1. The zero-order valence-corrected chi connectivity index (χ0v) is 16.6. The highest BCUT2D eigenvalue weighted by atomic mass is 35.5. The molecule has 3 heterocycles. The summed E-state index contributed by atoms with van der Waals surface area (Å²) in [7, 11) is 0. The van der Waals surface area contributed by atoms with E-state index >= 15 is 0 Å². The maximum Gasteiger partial charge on any atom is 0.227 e. The monoisotopic (exact) mass is 401 g/mol. The molecule has 4 rings (SSSR count). The van der Waals surface area contributed by atoms with Crippen LogP contribution < -0.4 is 10.2 Å². The summed E-state index contributed by atoms with van der Waals surface area (Å²) in [5, 5.41) is 14.0. The molecule has 0 bridgehead atoms. The van der Waals surface area contributed by atoms with Gasteiger partial charge in [0.25, 0.3) is 0 Å². The SMILES string of the molecule is Cc1cc(N2CCCC2=O)ccc1-c1cc(NC2CCOCC2O)ncc1Cl. The Hall–Kier alpha value is -2.15. The van der Waals surface area contributed by atoms with Crippen molar-refractivity contribution in [2.24, 2.45) is 0 Å². The van der Waals surface area contributed by atoms with Crippen LogP contribution >= 0.6 is 11.6 Å². The molecule has 2 atom stereocenters. The van der Waals surface area contributed by atoms with Gasteiger partial charge in [-0.3, -0.25) is 4.79 Å². The van der Waals surface area contributed by atoms with Gasteiger partial charge >= 0.3 is 0 Å². The molecular weight excluding hydrogens is 378 g/mol. The summed E-state index contributed by atoms with van der Waals surface area (Å²) in [6.07, 6.45) is 3.31. The molecule has 28 heavy (non-hydrogen) atoms. The standard InChI is InChI=1S/C21H24ClN3O3/c1-13-9-14(25-7-2-3-21(25)27)4-5-15(13)16-10-20(23-11-17(16)22)24-18-6-8-28-12-19(18)26/h4-5,9-11,18-19,26H,2-3,6-8,12H2,1H3,(H,23,24). The minimum atomic E-state index is -0.561. The number of anilines is 2. The van der Waals surface area contributed by atoms with E-state index in [4.69, 9.17) is 16.3 Å². The van der Waals surface area contributed by atoms with Crippen molar-refractivity contribution in [2.45, 2.75) is 38.3 Å². The normalized spacial score (nSPS) is 22.5. The van der Waals surface area contributed by atoms with E-state index in [0.29, 0.717) is 30.5 Å². The Morgan fingerprint density at radius 3 is 2.89 bits per heavy atom. The van der Waals surface area contributed by atoms with Gasteiger partial charge in [-0.25, -0.2) is 4.98 Å². The smallest absolute Gasteiger partial charge is 0.227 e. The Labute approximate surface area is 169 Å². The van der Waals surface area contributed by atoms with E-state index in [1.807, 2.05) is 36.1 Å². The number of aromatic nitrogens is 1. The molecule has 7 heteroatoms. The molecular formula is C21H24ClN3O3. The first-order valence-corrected chi connectivity index (χ1v) is 10.00. The lowest BCUT2D eigenvalue weighted by Gasteiger charge is -2.29. The molecule has 1 amide bonds. The average molecular weight is 402 g/mol. The van der Waals surface area contributed by atoms with Crippen LogP contribution in [-0.4, -0.2) is 47.9 Å². The van der Waals surface area contributed by atoms with E-state index in [1.165, 1.54) is 0 Å². The summed E-state index contributed by atoms with van der Waals surface area (Å²) in [4.78, 5) is 18.2. The Morgan fingerprint density at radius 1 is 1.32 bits per heavy atom. The fourth-order valence-electron chi connectivity index (χ4n) is 3.84. The molecule has 2 saturated heterocycles. The number of aliphatic hydroxyl groups is 1. The number of pyridine rings is 1. The highest BCUT2D eigenvalue weighted by Gasteiger charge is 2.25. The number of benzene rings is 1. The number of carbonyl (C=O) groups excluding carboxylic acids is 1. The summed E-state index contributed by atoms with van der Waals surface area (Å²) < 4.78 is 5.28. The summed E-state index contributed by atoms with van der Waals surface area (Å²) in [6, 6.07) is 7.82. The van der Waals surface area contributed by atoms with Crippen molar-refractivity contribution in [3.05, 3.63) is 41.0 Å². The van der Waals surface area contributed by atoms with Gasteiger partial charge in [0, 0.05) is 37.0 Å². The van der Waals surface area contributed by atoms with Crippen LogP contribution in [0.2, 0.25) is 5.02 Å². The molecule has 2 aromatic rings. The third-order valence-electron chi connectivity index (χ3n) is 5.40. The van der Waals surface area contributed by atoms with Gasteiger partial charge in [-0.15, -0.1) is 0 Å². The molecule has 0 radical (unpaired) electrons. The Kier molecular flexibility index (Phi) is 5.53. The first-order chi connectivity index (χ1) is 13.5. The maximum atomic E-state index is 12.0. The molecule has 0 spiro atoms. The minimum Gasteiger partial charge on any atom is -0.389 e. The number of hydrogen-bond acceptors (Lipinski definition) is 5. The van der Waals surface area contributed by atoms with Crippen LogP contribution in [0.25, 0.3) is 11.1 Å². The fourth-order valence-corrected chi connectivity index (χ4v) is 4.05. The number of nitrogens with zero attached hydrogens (tertiary/aromatic N) is 2. The Balaban J connectivity index is 1.60. The summed E-state index contributed by atoms with van der Waals surface area (Å²) in [5.74, 6) is 0.846. The number of amides is 1. The molecule has 2 unspecified atom stereocenters. The maximum absolute atomic E-state index is 12.0. The van der Waals surface area contributed by atoms with Gasteiger partial charge in [-0.1, -0.05) is 17.7 Å². The average Bonchev–Trinajstić information content (AvgIpc) is 3.11. The summed E-state index contributed by atoms with van der Waals surface area (Å²) in [5.41, 5.74) is 3.84. The van der Waals surface area contributed by atoms with Crippen molar-refractivity contribution >= 4 is 29.0 Å². The van der Waals surface area contributed by atoms with E-state index in [2.05, 4.69) is 10.3 Å². The van der Waals surface area contributed by atoms with Gasteiger partial charge in [0.1, 0.15) is 5.82 Å². The molecule has 6 nitrogen and oxygen atoms in total. The van der Waals surface area contributed by atoms with Crippen LogP contribution in [0.1, 0.15) is 24.8 Å². The molecule has 1 aromatic carbocycles. The third kappa shape index (κ3) is 3.85. The van der Waals surface area contributed by atoms with Crippen molar-refractivity contribution in [3.8, 4) is 11.1 Å². The number of rotatable bonds is 4. The van der Waals surface area contributed by atoms with Gasteiger partial charge in [0.2, 0.25) is 5.91 Å². The topological polar surface area (TPSA) is 74.7 Å². The lowest BCUT2D eigenvalue weighted by atomic mass is 10.00. The lowest BCUT2D eigenvalue weighted by Crippen LogP contribution is -2.42. The molecule has 2 N–H and O–H groups in total. The molecule has 0 saturated carbocycles. The number of nitrogens with one attached hydrogen (secondary N) is 1. The number of hydrogen-bond donors (Lipinski definition) is 2. The van der Waals surface area contributed by atoms with Crippen molar-refractivity contribution in [2.75, 3.05) is 30.0 Å². The van der Waals surface area contributed by atoms with Crippen LogP contribution in [0, 0.1) is 6.92 Å². The zero-order chi connectivity index (χ0) is 19.7. The minimum absolute atomic E-state index is 0.0973. The van der Waals surface area contributed by atoms with Crippen LogP contribution in [0.15, 0.2) is 30.5 Å². The van der Waals surface area contributed by atoms with Crippen LogP contribution in [0.4, 0.5) is 11.5 Å². The molecule has 148 valence electrons. The molecule has 2 fully saturated rings. The van der Waals surface area contributed by atoms with Gasteiger partial charge in [-0.05, 0) is 49.1 Å². The lowest BCUT2D eigenvalue weighted by molar-refractivity contribution is -0.117. The van der Waals surface area contributed by atoms with Crippen molar-refractivity contribution in [1.29, 1.82) is 0 Å². The zero-order valence-electron chi connectivity index (χ0n) is 15.8. The van der Waals surface area contributed by atoms with Gasteiger partial charge in [0.05, 0.1) is 23.8 Å². The van der Waals surface area contributed by atoms with Crippen LogP contribution in [0.3, 0.4) is 0 Å². The number of aryl methyl sites for hydroxylation is 1. The van der Waals surface area contributed by atoms with Crippen LogP contribution in [-0.2, 0) is 9.53 Å². The number of halogens is 1. The fraction of sp³-hybridized carbons (Fsp3) is 0.429. The van der Waals surface area contributed by atoms with E-state index in [9.17, 15) is 9.90 Å². The molecule has 2 aliphatic heterocycles. The predicted octanol–water partition coefficient (Wildman–Crippen LogP) is 3.40. The predicted molar refractivity (Wildman–Crippen MR) is 110 cm³/mol. The summed E-state index contributed by atoms with van der Waals surface area (Å²) >= 11 is 6.44. The summed E-state index contributed by atoms with van der Waals surface area (Å²) in [6.45, 7) is 3.74. The Morgan fingerprint density at radius 2 is 2.18 bits per heavy atom. The largest absolute Gasteiger partial charge is 0.389 e. The van der Waals surface area contributed by atoms with Crippen molar-refractivity contribution in [1.82, 2.24) is 4.98 Å². The Bertz CT molecular complexity index is 889. The first kappa shape index (κ1) is 19.2. The van der Waals surface area contributed by atoms with E-state index in [0.717, 1.165) is 41.8 Å². The first-order valence-electron chi connectivity index (χ1n) is 9.62. The highest BCUT2D eigenvalue weighted by Crippen LogP contribution is 2.34. The van der Waals surface area contributed by atoms with Crippen molar-refractivity contribution in [3.63, 3.8) is 0 Å². The molecule has 2 aliphatic rings. The van der Waals surface area contributed by atoms with Gasteiger partial charge in [0.15, 0.2) is 0 Å². The van der Waals surface area contributed by atoms with E-state index < -0.39 is 6.10 Å². The van der Waals surface area contributed by atoms with Gasteiger partial charge < -0.3 is 20.1 Å². The van der Waals surface area contributed by atoms with E-state index in [-0.39, 0.29) is 11.9 Å². The quantitative estimate of drug-likeness (QED) is 0.821. The van der Waals surface area contributed by atoms with Gasteiger partial charge in [-0.2, -0.15) is 0 Å². The molecule has 0 aliphatic carbocycles. The second-order valence-corrected chi connectivity index (χ2v) is 7.79. The second-order valence-electron chi connectivity index (χ2n) is 7.38. The molecule has 1 aromatic heterocycles. The number of ether oxygens (including phenoxy) is 1. The van der Waals surface area contributed by atoms with Crippen LogP contribution in [0.5, 0.6) is 0 Å².